The summed E-state index contributed by atoms with van der Waals surface area (Å²) in [5.41, 5.74) is 6.03. The van der Waals surface area contributed by atoms with Gasteiger partial charge < -0.3 is 4.57 Å². The number of aromatic nitrogens is 2. The predicted molar refractivity (Wildman–Crippen MR) is 123 cm³/mol. The van der Waals surface area contributed by atoms with Gasteiger partial charge in [-0.3, -0.25) is 0 Å². The Kier molecular flexibility index (Phi) is 5.22. The maximum atomic E-state index is 13.2. The van der Waals surface area contributed by atoms with Gasteiger partial charge >= 0.3 is 10.2 Å². The van der Waals surface area contributed by atoms with Crippen LogP contribution >= 0.6 is 0 Å². The lowest BCUT2D eigenvalue weighted by Gasteiger charge is -2.13. The molecule has 8 heteroatoms. The Morgan fingerprint density at radius 1 is 1.03 bits per heavy atom. The number of rotatable bonds is 4. The first-order valence-corrected chi connectivity index (χ1v) is 12.1. The smallest absolute Gasteiger partial charge is 0.306 e. The van der Waals surface area contributed by atoms with Crippen LogP contribution in [0.2, 0.25) is 0 Å². The van der Waals surface area contributed by atoms with Crippen LogP contribution in [0.1, 0.15) is 24.0 Å². The number of hydrogen-bond acceptors (Lipinski definition) is 3. The molecule has 2 aliphatic rings. The van der Waals surface area contributed by atoms with Crippen molar-refractivity contribution in [1.82, 2.24) is 13.9 Å². The highest BCUT2D eigenvalue weighted by Crippen LogP contribution is 2.39. The number of halogens is 1. The third-order valence-electron chi connectivity index (χ3n) is 6.52. The fourth-order valence-electron chi connectivity index (χ4n) is 4.74. The van der Waals surface area contributed by atoms with E-state index in [1.807, 2.05) is 10.8 Å². The Morgan fingerprint density at radius 3 is 2.41 bits per heavy atom. The molecule has 6 nitrogen and oxygen atoms in total. The Labute approximate surface area is 187 Å². The molecule has 166 valence electrons. The van der Waals surface area contributed by atoms with E-state index in [0.717, 1.165) is 48.3 Å². The lowest BCUT2D eigenvalue weighted by molar-refractivity contribution is 0.522. The highest BCUT2D eigenvalue weighted by molar-refractivity contribution is 7.87. The third kappa shape index (κ3) is 3.89. The molecule has 2 aliphatic carbocycles. The second-order valence-electron chi connectivity index (χ2n) is 8.78. The molecule has 0 N–H and O–H groups in total. The van der Waals surface area contributed by atoms with E-state index in [2.05, 4.69) is 27.6 Å². The van der Waals surface area contributed by atoms with Crippen LogP contribution in [-0.4, -0.2) is 42.1 Å². The monoisotopic (exact) mass is 452 g/mol. The van der Waals surface area contributed by atoms with E-state index in [9.17, 15) is 12.8 Å². The van der Waals surface area contributed by atoms with Crippen LogP contribution in [-0.2, 0) is 23.1 Å². The zero-order valence-electron chi connectivity index (χ0n) is 18.1. The molecule has 3 aromatic rings. The molecule has 0 unspecified atom stereocenters. The zero-order chi connectivity index (χ0) is 22.5. The van der Waals surface area contributed by atoms with Crippen LogP contribution in [0.25, 0.3) is 16.9 Å². The third-order valence-corrected chi connectivity index (χ3v) is 7.89. The molecule has 1 fully saturated rings. The molecule has 0 aliphatic heterocycles. The lowest BCUT2D eigenvalue weighted by atomic mass is 9.91. The van der Waals surface area contributed by atoms with Gasteiger partial charge in [0.1, 0.15) is 5.82 Å². The molecule has 32 heavy (non-hydrogen) atoms. The summed E-state index contributed by atoms with van der Waals surface area (Å²) in [6.45, 7) is 0. The number of nitrogens with zero attached hydrogens (tertiary/aromatic N) is 4. The molecule has 1 aromatic heterocycles. The fourth-order valence-corrected chi connectivity index (χ4v) is 5.47. The van der Waals surface area contributed by atoms with Gasteiger partial charge in [-0.15, -0.1) is 0 Å². The van der Waals surface area contributed by atoms with Gasteiger partial charge in [0.15, 0.2) is 0 Å². The quantitative estimate of drug-likeness (QED) is 0.600. The van der Waals surface area contributed by atoms with Gasteiger partial charge in [-0.25, -0.2) is 9.37 Å². The van der Waals surface area contributed by atoms with Crippen molar-refractivity contribution in [3.63, 3.8) is 0 Å². The molecule has 0 radical (unpaired) electrons. The number of imidazole rings is 1. The first-order valence-electron chi connectivity index (χ1n) is 10.7. The SMILES string of the molecule is CN(C)S(=O)(=O)/N=C1\[C@@H]2CC[C@H]1Cc1ccc(-c3cn(-c4ccc(F)cc4)cn3)cc1C2. The van der Waals surface area contributed by atoms with E-state index in [0.29, 0.717) is 0 Å². The summed E-state index contributed by atoms with van der Waals surface area (Å²) in [6.07, 6.45) is 7.23. The van der Waals surface area contributed by atoms with E-state index >= 15 is 0 Å². The second-order valence-corrected chi connectivity index (χ2v) is 10.6. The molecular formula is C24H25FN4O2S. The minimum absolute atomic E-state index is 0.156. The summed E-state index contributed by atoms with van der Waals surface area (Å²) < 4.78 is 45.3. The highest BCUT2D eigenvalue weighted by Gasteiger charge is 2.37. The van der Waals surface area contributed by atoms with E-state index in [4.69, 9.17) is 0 Å². The summed E-state index contributed by atoms with van der Waals surface area (Å²) in [4.78, 5) is 4.55. The van der Waals surface area contributed by atoms with Crippen LogP contribution in [0.5, 0.6) is 0 Å². The molecule has 0 spiro atoms. The fraction of sp³-hybridized carbons (Fsp3) is 0.333. The number of hydrogen-bond donors (Lipinski definition) is 0. The first-order chi connectivity index (χ1) is 15.3. The van der Waals surface area contributed by atoms with Crippen LogP contribution in [0.4, 0.5) is 4.39 Å². The summed E-state index contributed by atoms with van der Waals surface area (Å²) >= 11 is 0. The van der Waals surface area contributed by atoms with Crippen molar-refractivity contribution in [3.8, 4) is 16.9 Å². The lowest BCUT2D eigenvalue weighted by Crippen LogP contribution is -2.24. The summed E-state index contributed by atoms with van der Waals surface area (Å²) in [5, 5.41) is 0. The average Bonchev–Trinajstić information content (AvgIpc) is 3.33. The molecule has 2 aromatic carbocycles. The zero-order valence-corrected chi connectivity index (χ0v) is 18.9. The van der Waals surface area contributed by atoms with Gasteiger partial charge in [0.05, 0.1) is 12.0 Å². The van der Waals surface area contributed by atoms with E-state index in [-0.39, 0.29) is 17.7 Å². The van der Waals surface area contributed by atoms with Crippen molar-refractivity contribution in [2.45, 2.75) is 25.7 Å². The van der Waals surface area contributed by atoms with Crippen LogP contribution in [0.15, 0.2) is 59.4 Å². The first kappa shape index (κ1) is 21.0. The van der Waals surface area contributed by atoms with Crippen LogP contribution in [0, 0.1) is 17.7 Å². The van der Waals surface area contributed by atoms with Gasteiger partial charge in [-0.2, -0.15) is 17.1 Å². The van der Waals surface area contributed by atoms with Crippen molar-refractivity contribution < 1.29 is 12.8 Å². The summed E-state index contributed by atoms with van der Waals surface area (Å²) in [7, 11) is -0.584. The largest absolute Gasteiger partial charge is 0.321 e. The van der Waals surface area contributed by atoms with Gasteiger partial charge in [0, 0.05) is 49.1 Å². The molecule has 2 atom stereocenters. The number of benzene rings is 2. The molecule has 0 amide bonds. The predicted octanol–water partition coefficient (Wildman–Crippen LogP) is 4.05. The van der Waals surface area contributed by atoms with Crippen molar-refractivity contribution in [2.24, 2.45) is 16.2 Å². The molecular weight excluding hydrogens is 427 g/mol. The molecule has 2 bridgehead atoms. The maximum Gasteiger partial charge on any atom is 0.321 e. The summed E-state index contributed by atoms with van der Waals surface area (Å²) in [5.74, 6) is 0.0675. The molecule has 1 saturated carbocycles. The Bertz CT molecular complexity index is 1300. The van der Waals surface area contributed by atoms with Crippen molar-refractivity contribution in [1.29, 1.82) is 0 Å². The maximum absolute atomic E-state index is 13.2. The van der Waals surface area contributed by atoms with Crippen LogP contribution in [0.3, 0.4) is 0 Å². The Hall–Kier alpha value is -2.84. The van der Waals surface area contributed by atoms with Gasteiger partial charge in [0.2, 0.25) is 0 Å². The number of fused-ring (bicyclic) bond motifs is 3. The van der Waals surface area contributed by atoms with Crippen molar-refractivity contribution in [2.75, 3.05) is 14.1 Å². The standard InChI is InChI=1S/C24H25FN4O2S/c1-28(2)32(30,31)27-24-18-5-6-19(24)13-20-12-17(4-3-16(20)11-18)23-14-29(15-26-23)22-9-7-21(25)8-10-22/h3-4,7-10,12,14-15,18-19H,5-6,11,13H2,1-2H3/b27-24-/t18-,19+/m0/s1. The Balaban J connectivity index is 1.45. The van der Waals surface area contributed by atoms with Gasteiger partial charge in [-0.05, 0) is 67.1 Å². The average molecular weight is 453 g/mol. The molecule has 5 rings (SSSR count). The minimum Gasteiger partial charge on any atom is -0.306 e. The van der Waals surface area contributed by atoms with Crippen molar-refractivity contribution in [3.05, 3.63) is 71.9 Å². The van der Waals surface area contributed by atoms with Gasteiger partial charge in [0.25, 0.3) is 0 Å². The van der Waals surface area contributed by atoms with Gasteiger partial charge in [-0.1, -0.05) is 12.1 Å². The van der Waals surface area contributed by atoms with Crippen LogP contribution < -0.4 is 0 Å². The highest BCUT2D eigenvalue weighted by atomic mass is 32.2. The van der Waals surface area contributed by atoms with E-state index < -0.39 is 10.2 Å². The topological polar surface area (TPSA) is 67.6 Å². The van der Waals surface area contributed by atoms with Crippen molar-refractivity contribution >= 4 is 15.9 Å². The van der Waals surface area contributed by atoms with E-state index in [1.54, 1.807) is 18.5 Å². The molecule has 0 saturated heterocycles. The van der Waals surface area contributed by atoms with E-state index in [1.165, 1.54) is 41.7 Å². The minimum atomic E-state index is -3.62. The second kappa shape index (κ2) is 7.94. The molecule has 1 heterocycles. The Morgan fingerprint density at radius 2 is 1.72 bits per heavy atom. The summed E-state index contributed by atoms with van der Waals surface area (Å²) in [6, 6.07) is 12.7. The normalized spacial score (nSPS) is 21.7.